The van der Waals surface area contributed by atoms with E-state index in [-0.39, 0.29) is 11.4 Å². The van der Waals surface area contributed by atoms with Crippen molar-refractivity contribution in [2.45, 2.75) is 6.92 Å². The number of ether oxygens (including phenoxy) is 2. The van der Waals surface area contributed by atoms with E-state index in [1.54, 1.807) is 25.3 Å². The fourth-order valence-corrected chi connectivity index (χ4v) is 3.76. The summed E-state index contributed by atoms with van der Waals surface area (Å²) in [7, 11) is 3.37. The molecule has 4 aromatic rings. The van der Waals surface area contributed by atoms with Gasteiger partial charge in [0.05, 0.1) is 16.5 Å². The Morgan fingerprint density at radius 2 is 1.97 bits per heavy atom. The Balaban J connectivity index is 1.96. The molecule has 0 aliphatic rings. The minimum Gasteiger partial charge on any atom is -0.479 e. The number of rotatable bonds is 5. The van der Waals surface area contributed by atoms with Gasteiger partial charge in [-0.3, -0.25) is 10.1 Å². The van der Waals surface area contributed by atoms with E-state index in [4.69, 9.17) is 9.47 Å². The minimum absolute atomic E-state index is 0.0395. The second-order valence-corrected chi connectivity index (χ2v) is 7.79. The molecule has 0 radical (unpaired) electrons. The van der Waals surface area contributed by atoms with Gasteiger partial charge in [0.25, 0.3) is 5.69 Å². The van der Waals surface area contributed by atoms with E-state index in [1.165, 1.54) is 25.3 Å². The van der Waals surface area contributed by atoms with Gasteiger partial charge in [0, 0.05) is 53.7 Å². The number of benzene rings is 2. The highest BCUT2D eigenvalue weighted by atomic mass is 79.9. The molecule has 0 N–H and O–H groups in total. The van der Waals surface area contributed by atoms with Crippen LogP contribution in [0.5, 0.6) is 17.4 Å². The number of methoxy groups -OCH3 is 1. The van der Waals surface area contributed by atoms with Crippen LogP contribution in [0.3, 0.4) is 0 Å². The average Bonchev–Trinajstić information content (AvgIpc) is 3.07. The molecule has 158 valence electrons. The lowest BCUT2D eigenvalue weighted by atomic mass is 10.0. The van der Waals surface area contributed by atoms with Crippen LogP contribution in [0.15, 0.2) is 53.3 Å². The SMILES string of the molecule is COc1nccc2c(-c3cc([N+](=O)[O-])c(C)cc3Oc3ccc(Br)c(F)c3)cn(C)c12. The molecule has 2 aromatic heterocycles. The lowest BCUT2D eigenvalue weighted by Crippen LogP contribution is -1.96. The van der Waals surface area contributed by atoms with Crippen LogP contribution in [0.4, 0.5) is 10.1 Å². The van der Waals surface area contributed by atoms with E-state index in [0.29, 0.717) is 32.8 Å². The number of nitro groups is 1. The van der Waals surface area contributed by atoms with Gasteiger partial charge in [-0.2, -0.15) is 0 Å². The number of aryl methyl sites for hydroxylation is 2. The quantitative estimate of drug-likeness (QED) is 0.249. The number of aromatic nitrogens is 2. The summed E-state index contributed by atoms with van der Waals surface area (Å²) in [5.74, 6) is 0.603. The Hall–Kier alpha value is -3.46. The predicted octanol–water partition coefficient (Wildman–Crippen LogP) is 6.16. The fourth-order valence-electron chi connectivity index (χ4n) is 3.51. The number of fused-ring (bicyclic) bond motifs is 1. The molecule has 0 aliphatic heterocycles. The summed E-state index contributed by atoms with van der Waals surface area (Å²) in [6, 6.07) is 9.27. The molecule has 7 nitrogen and oxygen atoms in total. The molecular weight excluding hydrogens is 469 g/mol. The van der Waals surface area contributed by atoms with Crippen LogP contribution in [-0.4, -0.2) is 21.6 Å². The van der Waals surface area contributed by atoms with Crippen molar-refractivity contribution in [3.63, 3.8) is 0 Å². The van der Waals surface area contributed by atoms with Gasteiger partial charge < -0.3 is 14.0 Å². The van der Waals surface area contributed by atoms with Crippen molar-refractivity contribution in [1.82, 2.24) is 9.55 Å². The lowest BCUT2D eigenvalue weighted by molar-refractivity contribution is -0.385. The molecule has 31 heavy (non-hydrogen) atoms. The van der Waals surface area contributed by atoms with Crippen LogP contribution in [0.1, 0.15) is 5.56 Å². The van der Waals surface area contributed by atoms with E-state index in [9.17, 15) is 14.5 Å². The second kappa shape index (κ2) is 7.99. The number of hydrogen-bond donors (Lipinski definition) is 0. The number of pyridine rings is 1. The van der Waals surface area contributed by atoms with Crippen molar-refractivity contribution in [2.75, 3.05) is 7.11 Å². The first-order valence-electron chi connectivity index (χ1n) is 9.20. The van der Waals surface area contributed by atoms with Crippen molar-refractivity contribution in [2.24, 2.45) is 7.05 Å². The molecule has 0 unspecified atom stereocenters. The largest absolute Gasteiger partial charge is 0.479 e. The molecule has 2 aromatic carbocycles. The summed E-state index contributed by atoms with van der Waals surface area (Å²) >= 11 is 3.12. The first kappa shape index (κ1) is 20.8. The summed E-state index contributed by atoms with van der Waals surface area (Å²) in [6.07, 6.45) is 3.44. The van der Waals surface area contributed by atoms with Gasteiger partial charge in [0.1, 0.15) is 22.8 Å². The van der Waals surface area contributed by atoms with E-state index >= 15 is 0 Å². The van der Waals surface area contributed by atoms with Gasteiger partial charge in [-0.1, -0.05) is 0 Å². The molecular formula is C22H17BrFN3O4. The highest BCUT2D eigenvalue weighted by molar-refractivity contribution is 9.10. The highest BCUT2D eigenvalue weighted by Crippen LogP contribution is 2.43. The maximum Gasteiger partial charge on any atom is 0.273 e. The van der Waals surface area contributed by atoms with E-state index < -0.39 is 10.7 Å². The van der Waals surface area contributed by atoms with Crippen LogP contribution >= 0.6 is 15.9 Å². The molecule has 0 spiro atoms. The standard InChI is InChI=1S/C22H17BrFN3O4/c1-12-8-20(31-13-4-5-17(23)18(24)9-13)15(10-19(12)27(28)29)16-11-26(2)21-14(16)6-7-25-22(21)30-3/h4-11H,1-3H3. The van der Waals surface area contributed by atoms with E-state index in [2.05, 4.69) is 20.9 Å². The van der Waals surface area contributed by atoms with E-state index in [0.717, 1.165) is 10.9 Å². The van der Waals surface area contributed by atoms with Crippen molar-refractivity contribution in [1.29, 1.82) is 0 Å². The minimum atomic E-state index is -0.473. The molecule has 0 saturated carbocycles. The fraction of sp³-hybridized carbons (Fsp3) is 0.136. The molecule has 0 fully saturated rings. The number of hydrogen-bond acceptors (Lipinski definition) is 5. The van der Waals surface area contributed by atoms with E-state index in [1.807, 2.05) is 23.9 Å². The first-order chi connectivity index (χ1) is 14.8. The summed E-state index contributed by atoms with van der Waals surface area (Å²) < 4.78 is 27.5. The molecule has 0 amide bonds. The molecule has 0 atom stereocenters. The topological polar surface area (TPSA) is 79.4 Å². The lowest BCUT2D eigenvalue weighted by Gasteiger charge is -2.13. The van der Waals surface area contributed by atoms with Gasteiger partial charge in [0.15, 0.2) is 0 Å². The van der Waals surface area contributed by atoms with Crippen LogP contribution < -0.4 is 9.47 Å². The van der Waals surface area contributed by atoms with Crippen LogP contribution in [0, 0.1) is 22.9 Å². The Morgan fingerprint density at radius 3 is 2.65 bits per heavy atom. The molecule has 0 bridgehead atoms. The average molecular weight is 486 g/mol. The third kappa shape index (κ3) is 3.72. The Bertz CT molecular complexity index is 1340. The maximum absolute atomic E-state index is 14.0. The maximum atomic E-state index is 14.0. The van der Waals surface area contributed by atoms with Crippen LogP contribution in [0.2, 0.25) is 0 Å². The summed E-state index contributed by atoms with van der Waals surface area (Å²) in [6.45, 7) is 1.63. The Kier molecular flexibility index (Phi) is 5.36. The zero-order valence-electron chi connectivity index (χ0n) is 16.8. The van der Waals surface area contributed by atoms with Crippen molar-refractivity contribution in [3.8, 4) is 28.5 Å². The normalized spacial score (nSPS) is 11.0. The zero-order valence-corrected chi connectivity index (χ0v) is 18.4. The smallest absolute Gasteiger partial charge is 0.273 e. The Labute approximate surface area is 185 Å². The molecule has 4 rings (SSSR count). The number of nitro benzene ring substituents is 1. The third-order valence-electron chi connectivity index (χ3n) is 4.95. The van der Waals surface area contributed by atoms with Crippen molar-refractivity contribution in [3.05, 3.63) is 74.8 Å². The van der Waals surface area contributed by atoms with Crippen molar-refractivity contribution >= 4 is 32.5 Å². The molecule has 0 aliphatic carbocycles. The van der Waals surface area contributed by atoms with Crippen molar-refractivity contribution < 1.29 is 18.8 Å². The van der Waals surface area contributed by atoms with Gasteiger partial charge in [-0.25, -0.2) is 9.37 Å². The molecule has 0 saturated heterocycles. The third-order valence-corrected chi connectivity index (χ3v) is 5.60. The predicted molar refractivity (Wildman–Crippen MR) is 118 cm³/mol. The highest BCUT2D eigenvalue weighted by Gasteiger charge is 2.22. The van der Waals surface area contributed by atoms with Gasteiger partial charge >= 0.3 is 0 Å². The van der Waals surface area contributed by atoms with Gasteiger partial charge in [-0.15, -0.1) is 0 Å². The number of halogens is 2. The number of nitrogens with zero attached hydrogens (tertiary/aromatic N) is 3. The second-order valence-electron chi connectivity index (χ2n) is 6.94. The molecule has 9 heteroatoms. The van der Waals surface area contributed by atoms with Gasteiger partial charge in [0.2, 0.25) is 5.88 Å². The first-order valence-corrected chi connectivity index (χ1v) is 9.99. The van der Waals surface area contributed by atoms with Gasteiger partial charge in [-0.05, 0) is 47.1 Å². The zero-order chi connectivity index (χ0) is 22.3. The molecule has 2 heterocycles. The summed E-state index contributed by atoms with van der Waals surface area (Å²) in [5.41, 5.74) is 2.33. The Morgan fingerprint density at radius 1 is 1.19 bits per heavy atom. The summed E-state index contributed by atoms with van der Waals surface area (Å²) in [4.78, 5) is 15.4. The monoisotopic (exact) mass is 485 g/mol. The van der Waals surface area contributed by atoms with Crippen LogP contribution in [-0.2, 0) is 7.05 Å². The van der Waals surface area contributed by atoms with Crippen LogP contribution in [0.25, 0.3) is 22.0 Å². The summed E-state index contributed by atoms with van der Waals surface area (Å²) in [5, 5.41) is 12.4.